The van der Waals surface area contributed by atoms with Crippen LogP contribution in [0.25, 0.3) is 6.08 Å². The molecule has 0 aliphatic carbocycles. The van der Waals surface area contributed by atoms with E-state index in [1.54, 1.807) is 6.07 Å². The highest BCUT2D eigenvalue weighted by Crippen LogP contribution is 2.33. The van der Waals surface area contributed by atoms with Gasteiger partial charge in [0.2, 0.25) is 11.7 Å². The third-order valence-corrected chi connectivity index (χ3v) is 4.87. The molecule has 2 aromatic rings. The number of piperidine rings is 1. The van der Waals surface area contributed by atoms with Crippen molar-refractivity contribution in [2.45, 2.75) is 19.3 Å². The molecule has 0 spiro atoms. The standard InChI is InChI=1S/C19H16BrN3O4/c20-17-11-16(27-19(17)22-7-2-1-3-8-22)10-14(12-21)18(24)13-5-4-6-15(9-13)23(25)26/h4-6,9-11H,1-3,7-8H2/b14-10+. The number of rotatable bonds is 5. The van der Waals surface area contributed by atoms with Crippen molar-refractivity contribution in [3.8, 4) is 6.07 Å². The van der Waals surface area contributed by atoms with Gasteiger partial charge in [-0.3, -0.25) is 14.9 Å². The summed E-state index contributed by atoms with van der Waals surface area (Å²) in [5, 5.41) is 20.3. The van der Waals surface area contributed by atoms with Gasteiger partial charge in [0, 0.05) is 42.9 Å². The second-order valence-electron chi connectivity index (χ2n) is 6.16. The molecule has 0 N–H and O–H groups in total. The number of nitro groups is 1. The van der Waals surface area contributed by atoms with Crippen LogP contribution in [0.4, 0.5) is 11.6 Å². The fourth-order valence-corrected chi connectivity index (χ4v) is 3.52. The van der Waals surface area contributed by atoms with Gasteiger partial charge in [-0.25, -0.2) is 0 Å². The smallest absolute Gasteiger partial charge is 0.270 e. The summed E-state index contributed by atoms with van der Waals surface area (Å²) in [6.45, 7) is 1.79. The van der Waals surface area contributed by atoms with Crippen molar-refractivity contribution in [2.75, 3.05) is 18.0 Å². The number of furan rings is 1. The second-order valence-corrected chi connectivity index (χ2v) is 7.01. The van der Waals surface area contributed by atoms with Crippen molar-refractivity contribution in [2.24, 2.45) is 0 Å². The number of halogens is 1. The van der Waals surface area contributed by atoms with Crippen LogP contribution < -0.4 is 4.90 Å². The first-order valence-electron chi connectivity index (χ1n) is 8.45. The van der Waals surface area contributed by atoms with Gasteiger partial charge in [0.15, 0.2) is 0 Å². The van der Waals surface area contributed by atoms with E-state index in [2.05, 4.69) is 20.8 Å². The molecule has 1 aliphatic heterocycles. The molecular weight excluding hydrogens is 414 g/mol. The summed E-state index contributed by atoms with van der Waals surface area (Å²) >= 11 is 3.46. The molecule has 0 atom stereocenters. The Hall–Kier alpha value is -2.92. The van der Waals surface area contributed by atoms with Crippen molar-refractivity contribution in [3.63, 3.8) is 0 Å². The van der Waals surface area contributed by atoms with Gasteiger partial charge >= 0.3 is 0 Å². The number of hydrogen-bond acceptors (Lipinski definition) is 6. The maximum Gasteiger partial charge on any atom is 0.270 e. The second kappa shape index (κ2) is 8.18. The number of anilines is 1. The third kappa shape index (κ3) is 4.26. The monoisotopic (exact) mass is 429 g/mol. The van der Waals surface area contributed by atoms with Crippen LogP contribution in [0, 0.1) is 21.4 Å². The van der Waals surface area contributed by atoms with Gasteiger partial charge in [-0.1, -0.05) is 12.1 Å². The molecule has 8 heteroatoms. The fourth-order valence-electron chi connectivity index (χ4n) is 2.97. The molecule has 1 aliphatic rings. The van der Waals surface area contributed by atoms with Gasteiger partial charge in [-0.2, -0.15) is 5.26 Å². The Bertz CT molecular complexity index is 952. The largest absolute Gasteiger partial charge is 0.440 e. The predicted octanol–water partition coefficient (Wildman–Crippen LogP) is 4.73. The topological polar surface area (TPSA) is 100 Å². The van der Waals surface area contributed by atoms with Crippen molar-refractivity contribution < 1.29 is 14.1 Å². The maximum atomic E-state index is 12.6. The Morgan fingerprint density at radius 3 is 2.70 bits per heavy atom. The van der Waals surface area contributed by atoms with Crippen molar-refractivity contribution in [3.05, 3.63) is 61.8 Å². The highest BCUT2D eigenvalue weighted by Gasteiger charge is 2.20. The van der Waals surface area contributed by atoms with E-state index >= 15 is 0 Å². The first-order valence-corrected chi connectivity index (χ1v) is 9.24. The van der Waals surface area contributed by atoms with E-state index in [0.717, 1.165) is 36.5 Å². The average Bonchev–Trinajstić information content (AvgIpc) is 3.06. The summed E-state index contributed by atoms with van der Waals surface area (Å²) in [4.78, 5) is 25.0. The zero-order valence-electron chi connectivity index (χ0n) is 14.4. The number of allylic oxidation sites excluding steroid dienone is 1. The molecule has 0 amide bonds. The van der Waals surface area contributed by atoms with E-state index < -0.39 is 10.7 Å². The van der Waals surface area contributed by atoms with Gasteiger partial charge in [0.05, 0.1) is 9.40 Å². The molecule has 7 nitrogen and oxygen atoms in total. The lowest BCUT2D eigenvalue weighted by molar-refractivity contribution is -0.384. The predicted molar refractivity (Wildman–Crippen MR) is 103 cm³/mol. The molecule has 0 unspecified atom stereocenters. The first-order chi connectivity index (χ1) is 13.0. The Morgan fingerprint density at radius 2 is 2.04 bits per heavy atom. The number of carbonyl (C=O) groups excluding carboxylic acids is 1. The van der Waals surface area contributed by atoms with E-state index in [4.69, 9.17) is 4.42 Å². The Balaban J connectivity index is 1.88. The molecule has 0 radical (unpaired) electrons. The minimum atomic E-state index is -0.590. The summed E-state index contributed by atoms with van der Waals surface area (Å²) < 4.78 is 6.59. The summed E-state index contributed by atoms with van der Waals surface area (Å²) in [5.74, 6) is 0.465. The van der Waals surface area contributed by atoms with Crippen LogP contribution in [0.2, 0.25) is 0 Å². The molecule has 3 rings (SSSR count). The number of nitrogens with zero attached hydrogens (tertiary/aromatic N) is 3. The number of nitriles is 1. The number of carbonyl (C=O) groups is 1. The Kier molecular flexibility index (Phi) is 5.72. The van der Waals surface area contributed by atoms with Crippen molar-refractivity contribution >= 4 is 39.4 Å². The van der Waals surface area contributed by atoms with Crippen LogP contribution in [-0.2, 0) is 0 Å². The van der Waals surface area contributed by atoms with Crippen LogP contribution in [-0.4, -0.2) is 23.8 Å². The molecule has 138 valence electrons. The van der Waals surface area contributed by atoms with Gasteiger partial charge in [0.1, 0.15) is 17.4 Å². The van der Waals surface area contributed by atoms with Gasteiger partial charge in [-0.15, -0.1) is 0 Å². The summed E-state index contributed by atoms with van der Waals surface area (Å²) in [6, 6.07) is 8.88. The van der Waals surface area contributed by atoms with Gasteiger partial charge in [-0.05, 0) is 35.2 Å². The number of non-ortho nitro benzene ring substituents is 1. The minimum absolute atomic E-state index is 0.0823. The van der Waals surface area contributed by atoms with Crippen molar-refractivity contribution in [1.82, 2.24) is 0 Å². The highest BCUT2D eigenvalue weighted by molar-refractivity contribution is 9.10. The van der Waals surface area contributed by atoms with E-state index in [1.807, 2.05) is 6.07 Å². The lowest BCUT2D eigenvalue weighted by atomic mass is 10.0. The van der Waals surface area contributed by atoms with Crippen LogP contribution in [0.5, 0.6) is 0 Å². The zero-order chi connectivity index (χ0) is 19.4. The third-order valence-electron chi connectivity index (χ3n) is 4.30. The first kappa shape index (κ1) is 18.9. The number of nitro benzene ring substituents is 1. The number of hydrogen-bond donors (Lipinski definition) is 0. The van der Waals surface area contributed by atoms with Gasteiger partial charge in [0.25, 0.3) is 5.69 Å². The minimum Gasteiger partial charge on any atom is -0.440 e. The lowest BCUT2D eigenvalue weighted by Crippen LogP contribution is -2.29. The SMILES string of the molecule is N#C/C(=C\c1cc(Br)c(N2CCCCC2)o1)C(=O)c1cccc([N+](=O)[O-])c1. The molecule has 1 saturated heterocycles. The maximum absolute atomic E-state index is 12.6. The zero-order valence-corrected chi connectivity index (χ0v) is 15.9. The van der Waals surface area contributed by atoms with E-state index in [-0.39, 0.29) is 16.8 Å². The van der Waals surface area contributed by atoms with Crippen LogP contribution >= 0.6 is 15.9 Å². The van der Waals surface area contributed by atoms with E-state index in [1.165, 1.54) is 30.7 Å². The van der Waals surface area contributed by atoms with Crippen LogP contribution in [0.15, 0.2) is 44.8 Å². The molecule has 1 fully saturated rings. The summed E-state index contributed by atoms with van der Waals surface area (Å²) in [5.41, 5.74) is -0.271. The molecular formula is C19H16BrN3O4. The quantitative estimate of drug-likeness (QED) is 0.224. The average molecular weight is 430 g/mol. The highest BCUT2D eigenvalue weighted by atomic mass is 79.9. The molecule has 2 heterocycles. The van der Waals surface area contributed by atoms with Crippen molar-refractivity contribution in [1.29, 1.82) is 5.26 Å². The van der Waals surface area contributed by atoms with E-state index in [0.29, 0.717) is 11.6 Å². The molecule has 1 aromatic carbocycles. The Labute approximate surface area is 164 Å². The fraction of sp³-hybridized carbons (Fsp3) is 0.263. The van der Waals surface area contributed by atoms with E-state index in [9.17, 15) is 20.2 Å². The normalized spacial score (nSPS) is 14.7. The summed E-state index contributed by atoms with van der Waals surface area (Å²) in [7, 11) is 0. The number of ketones is 1. The molecule has 0 saturated carbocycles. The van der Waals surface area contributed by atoms with Crippen LogP contribution in [0.3, 0.4) is 0 Å². The molecule has 27 heavy (non-hydrogen) atoms. The summed E-state index contributed by atoms with van der Waals surface area (Å²) in [6.07, 6.45) is 4.73. The Morgan fingerprint density at radius 1 is 1.30 bits per heavy atom. The number of Topliss-reactive ketones (excluding diaryl/α,β-unsaturated/α-hetero) is 1. The molecule has 1 aromatic heterocycles. The molecule has 0 bridgehead atoms. The van der Waals surface area contributed by atoms with Crippen LogP contribution in [0.1, 0.15) is 35.4 Å². The van der Waals surface area contributed by atoms with Gasteiger partial charge < -0.3 is 9.32 Å². The number of benzene rings is 1. The lowest BCUT2D eigenvalue weighted by Gasteiger charge is -2.26.